The number of carbonyl (C=O) groups excluding carboxylic acids is 3. The molecule has 6 atom stereocenters. The van der Waals surface area contributed by atoms with E-state index in [9.17, 15) is 14.4 Å². The number of amides is 2. The van der Waals surface area contributed by atoms with Crippen LogP contribution in [0.3, 0.4) is 0 Å². The lowest BCUT2D eigenvalue weighted by Gasteiger charge is -2.34. The number of ether oxygens (including phenoxy) is 4. The number of hydrogen-bond acceptors (Lipinski definition) is 9. The molecule has 0 spiro atoms. The summed E-state index contributed by atoms with van der Waals surface area (Å²) in [5, 5.41) is 2.67. The van der Waals surface area contributed by atoms with Gasteiger partial charge in [-0.05, 0) is 24.0 Å². The maximum atomic E-state index is 15.7. The van der Waals surface area contributed by atoms with E-state index in [2.05, 4.69) is 15.3 Å². The SMILES string of the molecule is COc1ccc2nc3c(nc2c1)O[C@H]1CN(C(=O)[C@H](C(C)(C)C)NC(=O)O[C@@H]2C[C@H]2OCCCC3(F)F)[C@H](C=O)[C@@H]1C. The lowest BCUT2D eigenvalue weighted by molar-refractivity contribution is -0.139. The highest BCUT2D eigenvalue weighted by Crippen LogP contribution is 2.40. The van der Waals surface area contributed by atoms with Crippen molar-refractivity contribution >= 4 is 29.3 Å². The second-order valence-electron chi connectivity index (χ2n) is 12.2. The van der Waals surface area contributed by atoms with E-state index < -0.39 is 71.8 Å². The Morgan fingerprint density at radius 3 is 2.57 bits per heavy atom. The first-order chi connectivity index (χ1) is 19.8. The van der Waals surface area contributed by atoms with Crippen molar-refractivity contribution in [2.75, 3.05) is 20.3 Å². The standard InChI is InChI=1S/C29H36F2N4O7/c1-15-19(14-36)35-13-22(15)41-25-23(32-17-8-7-16(39-5)11-18(17)33-25)29(30,31)9-6-10-40-20-12-21(20)42-27(38)34-24(26(35)37)28(2,3)4/h7-8,11,14-15,19-22,24H,6,9-10,12-13H2,1-5H3,(H,34,38)/t15-,19+,20+,21+,22-,24+/m0/s1. The monoisotopic (exact) mass is 590 g/mol. The summed E-state index contributed by atoms with van der Waals surface area (Å²) in [6.07, 6.45) is -2.14. The highest BCUT2D eigenvalue weighted by molar-refractivity contribution is 5.89. The zero-order valence-electron chi connectivity index (χ0n) is 24.3. The molecule has 2 aromatic rings. The molecule has 13 heteroatoms. The van der Waals surface area contributed by atoms with Crippen molar-refractivity contribution in [3.05, 3.63) is 23.9 Å². The number of nitrogens with one attached hydrogen (secondary N) is 1. The molecule has 1 saturated carbocycles. The van der Waals surface area contributed by atoms with Gasteiger partial charge in [0.1, 0.15) is 30.3 Å². The van der Waals surface area contributed by atoms with Gasteiger partial charge in [-0.15, -0.1) is 0 Å². The van der Waals surface area contributed by atoms with Crippen molar-refractivity contribution in [2.45, 2.75) is 83.3 Å². The Balaban J connectivity index is 1.55. The average molecular weight is 591 g/mol. The van der Waals surface area contributed by atoms with Gasteiger partial charge < -0.3 is 34.0 Å². The van der Waals surface area contributed by atoms with Crippen LogP contribution in [0, 0.1) is 11.3 Å². The Labute approximate surface area is 242 Å². The molecule has 3 aliphatic rings. The molecule has 3 heterocycles. The third kappa shape index (κ3) is 5.97. The van der Waals surface area contributed by atoms with Crippen molar-refractivity contribution in [3.63, 3.8) is 0 Å². The van der Waals surface area contributed by atoms with Crippen molar-refractivity contribution in [1.29, 1.82) is 0 Å². The summed E-state index contributed by atoms with van der Waals surface area (Å²) in [4.78, 5) is 48.8. The molecule has 1 aromatic carbocycles. The highest BCUT2D eigenvalue weighted by atomic mass is 19.3. The summed E-state index contributed by atoms with van der Waals surface area (Å²) in [6.45, 7) is 6.97. The zero-order chi connectivity index (χ0) is 30.4. The van der Waals surface area contributed by atoms with Crippen LogP contribution >= 0.6 is 0 Å². The van der Waals surface area contributed by atoms with Crippen molar-refractivity contribution < 1.29 is 42.1 Å². The molecule has 2 amide bonds. The fourth-order valence-electron chi connectivity index (χ4n) is 5.37. The largest absolute Gasteiger partial charge is 0.497 e. The molecule has 5 rings (SSSR count). The fourth-order valence-corrected chi connectivity index (χ4v) is 5.37. The Bertz CT molecular complexity index is 1370. The maximum absolute atomic E-state index is 15.7. The summed E-state index contributed by atoms with van der Waals surface area (Å²) in [5.74, 6) is -4.44. The molecule has 11 nitrogen and oxygen atoms in total. The van der Waals surface area contributed by atoms with Gasteiger partial charge in [0.2, 0.25) is 11.8 Å². The quantitative estimate of drug-likeness (QED) is 0.522. The predicted molar refractivity (Wildman–Crippen MR) is 145 cm³/mol. The van der Waals surface area contributed by atoms with Crippen molar-refractivity contribution in [2.24, 2.45) is 11.3 Å². The highest BCUT2D eigenvalue weighted by Gasteiger charge is 2.49. The van der Waals surface area contributed by atoms with E-state index in [0.29, 0.717) is 18.5 Å². The lowest BCUT2D eigenvalue weighted by Crippen LogP contribution is -2.56. The number of methoxy groups -OCH3 is 1. The van der Waals surface area contributed by atoms with Crippen LogP contribution in [0.5, 0.6) is 11.6 Å². The van der Waals surface area contributed by atoms with Crippen molar-refractivity contribution in [3.8, 4) is 11.6 Å². The molecule has 1 N–H and O–H groups in total. The number of aldehydes is 1. The third-order valence-electron chi connectivity index (χ3n) is 8.01. The van der Waals surface area contributed by atoms with Crippen LogP contribution < -0.4 is 14.8 Å². The number of halogens is 2. The van der Waals surface area contributed by atoms with Gasteiger partial charge in [0.15, 0.2) is 5.69 Å². The Morgan fingerprint density at radius 1 is 1.12 bits per heavy atom. The number of benzene rings is 1. The smallest absolute Gasteiger partial charge is 0.408 e. The molecule has 1 saturated heterocycles. The predicted octanol–water partition coefficient (Wildman–Crippen LogP) is 3.62. The van der Waals surface area contributed by atoms with Crippen LogP contribution in [0.15, 0.2) is 18.2 Å². The van der Waals surface area contributed by atoms with Gasteiger partial charge in [-0.1, -0.05) is 27.7 Å². The normalized spacial score (nSPS) is 30.1. The van der Waals surface area contributed by atoms with Gasteiger partial charge in [0.25, 0.3) is 5.92 Å². The summed E-state index contributed by atoms with van der Waals surface area (Å²) in [5.41, 5.74) is -0.854. The first kappa shape index (κ1) is 29.9. The summed E-state index contributed by atoms with van der Waals surface area (Å²) < 4.78 is 53.9. The van der Waals surface area contributed by atoms with Gasteiger partial charge in [0.05, 0.1) is 36.8 Å². The van der Waals surface area contributed by atoms with Crippen LogP contribution in [-0.4, -0.2) is 83.8 Å². The minimum Gasteiger partial charge on any atom is -0.497 e. The molecule has 228 valence electrons. The second kappa shape index (κ2) is 11.2. The molecule has 1 aliphatic carbocycles. The number of aromatic nitrogens is 2. The van der Waals surface area contributed by atoms with E-state index >= 15 is 8.78 Å². The van der Waals surface area contributed by atoms with E-state index in [0.717, 1.165) is 0 Å². The number of alkyl halides is 2. The van der Waals surface area contributed by atoms with E-state index in [-0.39, 0.29) is 36.5 Å². The maximum Gasteiger partial charge on any atom is 0.408 e. The van der Waals surface area contributed by atoms with E-state index in [4.69, 9.17) is 18.9 Å². The fraction of sp³-hybridized carbons (Fsp3) is 0.621. The molecular weight excluding hydrogens is 554 g/mol. The second-order valence-corrected chi connectivity index (χ2v) is 12.2. The molecule has 42 heavy (non-hydrogen) atoms. The number of rotatable bonds is 2. The van der Waals surface area contributed by atoms with Crippen LogP contribution in [0.4, 0.5) is 13.6 Å². The molecule has 2 fully saturated rings. The average Bonchev–Trinajstić information content (AvgIpc) is 3.59. The van der Waals surface area contributed by atoms with Gasteiger partial charge in [-0.2, -0.15) is 8.78 Å². The van der Waals surface area contributed by atoms with Crippen molar-refractivity contribution in [1.82, 2.24) is 20.2 Å². The molecule has 2 bridgehead atoms. The molecule has 0 radical (unpaired) electrons. The van der Waals surface area contributed by atoms with Crippen LogP contribution in [-0.2, 0) is 25.0 Å². The van der Waals surface area contributed by atoms with Crippen LogP contribution in [0.25, 0.3) is 11.0 Å². The minimum atomic E-state index is -3.43. The molecule has 1 aromatic heterocycles. The Morgan fingerprint density at radius 2 is 1.88 bits per heavy atom. The summed E-state index contributed by atoms with van der Waals surface area (Å²) >= 11 is 0. The van der Waals surface area contributed by atoms with E-state index in [1.807, 2.05) is 0 Å². The van der Waals surface area contributed by atoms with Crippen LogP contribution in [0.1, 0.15) is 52.7 Å². The van der Waals surface area contributed by atoms with E-state index in [1.54, 1.807) is 45.9 Å². The number of nitrogens with zero attached hydrogens (tertiary/aromatic N) is 3. The summed E-state index contributed by atoms with van der Waals surface area (Å²) in [7, 11) is 1.48. The Kier molecular flexibility index (Phi) is 7.99. The summed E-state index contributed by atoms with van der Waals surface area (Å²) in [6, 6.07) is 2.75. The van der Waals surface area contributed by atoms with Gasteiger partial charge >= 0.3 is 6.09 Å². The number of alkyl carbamates (subject to hydrolysis) is 1. The first-order valence-corrected chi connectivity index (χ1v) is 14.1. The third-order valence-corrected chi connectivity index (χ3v) is 8.01. The number of hydrogen-bond donors (Lipinski definition) is 1. The minimum absolute atomic E-state index is 0.00557. The number of fused-ring (bicyclic) bond motifs is 5. The lowest BCUT2D eigenvalue weighted by atomic mass is 9.85. The molecule has 2 aliphatic heterocycles. The molecule has 0 unspecified atom stereocenters. The van der Waals surface area contributed by atoms with Gasteiger partial charge in [-0.25, -0.2) is 14.8 Å². The number of carbonyl (C=O) groups is 3. The van der Waals surface area contributed by atoms with E-state index in [1.165, 1.54) is 12.0 Å². The molecular formula is C29H36F2N4O7. The van der Waals surface area contributed by atoms with Gasteiger partial charge in [0, 0.05) is 31.4 Å². The zero-order valence-corrected chi connectivity index (χ0v) is 24.3. The Hall–Kier alpha value is -3.61. The first-order valence-electron chi connectivity index (χ1n) is 14.1. The van der Waals surface area contributed by atoms with Gasteiger partial charge in [-0.3, -0.25) is 4.79 Å². The topological polar surface area (TPSA) is 129 Å². The van der Waals surface area contributed by atoms with Crippen LogP contribution in [0.2, 0.25) is 0 Å².